The van der Waals surface area contributed by atoms with E-state index >= 15 is 0 Å². The van der Waals surface area contributed by atoms with Crippen molar-refractivity contribution in [1.82, 2.24) is 0 Å². The van der Waals surface area contributed by atoms with Crippen LogP contribution in [0, 0.1) is 0 Å². The molecule has 3 rings (SSSR count). The van der Waals surface area contributed by atoms with Crippen molar-refractivity contribution < 1.29 is 22.7 Å². The molecule has 0 spiro atoms. The summed E-state index contributed by atoms with van der Waals surface area (Å²) in [6.45, 7) is 0.127. The van der Waals surface area contributed by atoms with E-state index in [1.165, 1.54) is 0 Å². The van der Waals surface area contributed by atoms with Crippen LogP contribution in [0.2, 0.25) is 5.02 Å². The molecular weight excluding hydrogens is 354 g/mol. The van der Waals surface area contributed by atoms with Gasteiger partial charge in [-0.05, 0) is 29.8 Å². The van der Waals surface area contributed by atoms with Gasteiger partial charge in [-0.2, -0.15) is 0 Å². The third kappa shape index (κ3) is 4.18. The Morgan fingerprint density at radius 2 is 1.79 bits per heavy atom. The van der Waals surface area contributed by atoms with Gasteiger partial charge in [0.1, 0.15) is 5.75 Å². The van der Waals surface area contributed by atoms with Crippen LogP contribution in [0.5, 0.6) is 11.5 Å². The predicted octanol–water partition coefficient (Wildman–Crippen LogP) is 2.62. The maximum absolute atomic E-state index is 12.1. The highest BCUT2D eigenvalue weighted by Crippen LogP contribution is 2.34. The third-order valence-electron chi connectivity index (χ3n) is 3.31. The molecule has 1 amide bonds. The minimum absolute atomic E-state index is 0.127. The number of rotatable bonds is 5. The zero-order valence-electron chi connectivity index (χ0n) is 12.5. The van der Waals surface area contributed by atoms with Gasteiger partial charge >= 0.3 is 0 Å². The van der Waals surface area contributed by atoms with E-state index in [1.807, 2.05) is 0 Å². The average Bonchev–Trinajstić information content (AvgIpc) is 2.96. The number of hydrogen-bond donors (Lipinski definition) is 1. The number of sulfone groups is 1. The van der Waals surface area contributed by atoms with E-state index in [-0.39, 0.29) is 12.5 Å². The van der Waals surface area contributed by atoms with E-state index in [2.05, 4.69) is 5.32 Å². The monoisotopic (exact) mass is 367 g/mol. The van der Waals surface area contributed by atoms with Crippen molar-refractivity contribution in [3.63, 3.8) is 0 Å². The quantitative estimate of drug-likeness (QED) is 0.878. The molecule has 2 aromatic carbocycles. The second kappa shape index (κ2) is 6.70. The molecule has 1 aliphatic heterocycles. The number of ether oxygens (including phenoxy) is 2. The second-order valence-electron chi connectivity index (χ2n) is 5.27. The molecule has 126 valence electrons. The van der Waals surface area contributed by atoms with Crippen LogP contribution >= 0.6 is 11.6 Å². The van der Waals surface area contributed by atoms with Crippen molar-refractivity contribution in [3.8, 4) is 11.5 Å². The average molecular weight is 368 g/mol. The predicted molar refractivity (Wildman–Crippen MR) is 90.1 cm³/mol. The Balaban J connectivity index is 1.62. The van der Waals surface area contributed by atoms with Crippen molar-refractivity contribution in [2.24, 2.45) is 0 Å². The molecule has 24 heavy (non-hydrogen) atoms. The van der Waals surface area contributed by atoms with E-state index in [1.54, 1.807) is 42.5 Å². The van der Waals surface area contributed by atoms with Crippen molar-refractivity contribution in [2.45, 2.75) is 5.75 Å². The molecule has 1 heterocycles. The minimum Gasteiger partial charge on any atom is -0.454 e. The van der Waals surface area contributed by atoms with Crippen molar-refractivity contribution in [2.75, 3.05) is 17.9 Å². The second-order valence-corrected chi connectivity index (χ2v) is 7.78. The summed E-state index contributed by atoms with van der Waals surface area (Å²) >= 11 is 5.77. The number of anilines is 1. The highest BCUT2D eigenvalue weighted by Gasteiger charge is 2.19. The minimum atomic E-state index is -3.59. The van der Waals surface area contributed by atoms with Gasteiger partial charge in [0.15, 0.2) is 21.3 Å². The van der Waals surface area contributed by atoms with Gasteiger partial charge in [-0.15, -0.1) is 0 Å². The van der Waals surface area contributed by atoms with Gasteiger partial charge in [0.25, 0.3) is 0 Å². The van der Waals surface area contributed by atoms with Crippen molar-refractivity contribution in [3.05, 3.63) is 53.1 Å². The summed E-state index contributed by atoms with van der Waals surface area (Å²) < 4.78 is 34.6. The molecule has 0 aliphatic carbocycles. The summed E-state index contributed by atoms with van der Waals surface area (Å²) in [5.74, 6) is -0.342. The molecule has 0 unspecified atom stereocenters. The molecule has 0 atom stereocenters. The lowest BCUT2D eigenvalue weighted by molar-refractivity contribution is -0.113. The number of halogens is 1. The van der Waals surface area contributed by atoms with E-state index in [0.717, 1.165) is 0 Å². The lowest BCUT2D eigenvalue weighted by atomic mass is 10.2. The maximum atomic E-state index is 12.1. The van der Waals surface area contributed by atoms with Gasteiger partial charge in [0.05, 0.1) is 5.75 Å². The first kappa shape index (κ1) is 16.6. The Bertz CT molecular complexity index is 865. The van der Waals surface area contributed by atoms with E-state index in [0.29, 0.717) is 27.8 Å². The summed E-state index contributed by atoms with van der Waals surface area (Å²) in [5.41, 5.74) is 1.03. The summed E-state index contributed by atoms with van der Waals surface area (Å²) in [6, 6.07) is 11.3. The SMILES string of the molecule is O=C(CS(=O)(=O)Cc1ccc(Cl)cc1)Nc1ccc2c(c1)OCO2. The largest absolute Gasteiger partial charge is 0.454 e. The Hall–Kier alpha value is -2.25. The molecule has 2 aromatic rings. The molecule has 0 saturated heterocycles. The zero-order valence-corrected chi connectivity index (χ0v) is 14.1. The van der Waals surface area contributed by atoms with Crippen molar-refractivity contribution >= 4 is 33.0 Å². The van der Waals surface area contributed by atoms with Crippen molar-refractivity contribution in [1.29, 1.82) is 0 Å². The van der Waals surface area contributed by atoms with Gasteiger partial charge in [0.2, 0.25) is 12.7 Å². The summed E-state index contributed by atoms with van der Waals surface area (Å²) in [4.78, 5) is 12.0. The first-order valence-electron chi connectivity index (χ1n) is 7.06. The highest BCUT2D eigenvalue weighted by atomic mass is 35.5. The molecular formula is C16H14ClNO5S. The molecule has 1 N–H and O–H groups in total. The molecule has 8 heteroatoms. The zero-order chi connectivity index (χ0) is 17.2. The molecule has 0 saturated carbocycles. The smallest absolute Gasteiger partial charge is 0.239 e. The topological polar surface area (TPSA) is 81.7 Å². The fourth-order valence-electron chi connectivity index (χ4n) is 2.26. The number of carbonyl (C=O) groups excluding carboxylic acids is 1. The third-order valence-corrected chi connectivity index (χ3v) is 5.03. The summed E-state index contributed by atoms with van der Waals surface area (Å²) in [5, 5.41) is 3.07. The fourth-order valence-corrected chi connectivity index (χ4v) is 3.66. The number of amides is 1. The number of nitrogens with one attached hydrogen (secondary N) is 1. The molecule has 0 aromatic heterocycles. The number of benzene rings is 2. The van der Waals surface area contributed by atoms with E-state index in [9.17, 15) is 13.2 Å². The Morgan fingerprint density at radius 1 is 1.08 bits per heavy atom. The molecule has 0 bridgehead atoms. The molecule has 0 fully saturated rings. The van der Waals surface area contributed by atoms with Gasteiger partial charge in [-0.25, -0.2) is 8.42 Å². The number of carbonyl (C=O) groups is 1. The van der Waals surface area contributed by atoms with Crippen LogP contribution in [0.1, 0.15) is 5.56 Å². The number of hydrogen-bond acceptors (Lipinski definition) is 5. The van der Waals surface area contributed by atoms with Crippen LogP contribution in [0.4, 0.5) is 5.69 Å². The van der Waals surface area contributed by atoms with Gasteiger partial charge in [-0.1, -0.05) is 23.7 Å². The Labute approximate surface area is 144 Å². The standard InChI is InChI=1S/C16H14ClNO5S/c17-12-3-1-11(2-4-12)8-24(20,21)9-16(19)18-13-5-6-14-15(7-13)23-10-22-14/h1-7H,8-10H2,(H,18,19). The van der Waals surface area contributed by atoms with Crippen LogP contribution in [0.15, 0.2) is 42.5 Å². The Morgan fingerprint density at radius 3 is 2.54 bits per heavy atom. The Kier molecular flexibility index (Phi) is 4.64. The first-order chi connectivity index (χ1) is 11.4. The van der Waals surface area contributed by atoms with Crippen LogP contribution in [-0.4, -0.2) is 26.9 Å². The molecule has 1 aliphatic rings. The van der Waals surface area contributed by atoms with Gasteiger partial charge in [-0.3, -0.25) is 4.79 Å². The van der Waals surface area contributed by atoms with E-state index in [4.69, 9.17) is 21.1 Å². The van der Waals surface area contributed by atoms with E-state index < -0.39 is 21.5 Å². The summed E-state index contributed by atoms with van der Waals surface area (Å²) in [7, 11) is -3.59. The van der Waals surface area contributed by atoms with Crippen LogP contribution in [0.25, 0.3) is 0 Å². The van der Waals surface area contributed by atoms with Gasteiger partial charge < -0.3 is 14.8 Å². The first-order valence-corrected chi connectivity index (χ1v) is 9.26. The molecule has 0 radical (unpaired) electrons. The highest BCUT2D eigenvalue weighted by molar-refractivity contribution is 7.91. The molecule has 6 nitrogen and oxygen atoms in total. The number of fused-ring (bicyclic) bond motifs is 1. The maximum Gasteiger partial charge on any atom is 0.239 e. The van der Waals surface area contributed by atoms with Crippen LogP contribution in [-0.2, 0) is 20.4 Å². The van der Waals surface area contributed by atoms with Crippen LogP contribution < -0.4 is 14.8 Å². The normalized spacial score (nSPS) is 12.9. The lowest BCUT2D eigenvalue weighted by Crippen LogP contribution is -2.23. The summed E-state index contributed by atoms with van der Waals surface area (Å²) in [6.07, 6.45) is 0. The van der Waals surface area contributed by atoms with Gasteiger partial charge in [0, 0.05) is 16.8 Å². The fraction of sp³-hybridized carbons (Fsp3) is 0.188. The lowest BCUT2D eigenvalue weighted by Gasteiger charge is -2.07. The van der Waals surface area contributed by atoms with Crippen LogP contribution in [0.3, 0.4) is 0 Å².